The Morgan fingerprint density at radius 3 is 1.07 bits per heavy atom. The molecule has 0 atom stereocenters. The maximum Gasteiger partial charge on any atom is 0.216 e. The maximum atomic E-state index is 12.3. The molecule has 0 N–H and O–H groups in total. The largest absolute Gasteiger partial charge is 1.00 e. The molecule has 0 spiro atoms. The lowest BCUT2D eigenvalue weighted by atomic mass is 10.00. The molecule has 0 aromatic heterocycles. The van der Waals surface area contributed by atoms with Crippen LogP contribution in [-0.2, 0) is 0 Å². The molecule has 0 unspecified atom stereocenters. The highest BCUT2D eigenvalue weighted by atomic mass is 79.9. The Morgan fingerprint density at radius 2 is 0.852 bits per heavy atom. The van der Waals surface area contributed by atoms with Crippen LogP contribution < -0.4 is 17.0 Å². The van der Waals surface area contributed by atoms with Gasteiger partial charge in [-0.25, -0.2) is 0 Å². The number of hydrogen-bond acceptors (Lipinski definition) is 2. The van der Waals surface area contributed by atoms with Crippen molar-refractivity contribution in [3.8, 4) is 11.1 Å². The van der Waals surface area contributed by atoms with Gasteiger partial charge in [-0.05, 0) is 11.1 Å². The maximum absolute atomic E-state index is 12.3. The summed E-state index contributed by atoms with van der Waals surface area (Å²) in [6, 6.07) is 15.4. The normalized spacial score (nSPS) is 11.6. The minimum Gasteiger partial charge on any atom is -1.00 e. The molecule has 0 saturated heterocycles. The first-order valence-electron chi connectivity index (χ1n) is 8.82. The zero-order chi connectivity index (χ0) is 19.5. The summed E-state index contributed by atoms with van der Waals surface area (Å²) in [6.45, 7) is 0.949. The van der Waals surface area contributed by atoms with Crippen molar-refractivity contribution in [2.75, 3.05) is 55.4 Å². The van der Waals surface area contributed by atoms with E-state index in [-0.39, 0.29) is 28.5 Å². The van der Waals surface area contributed by atoms with Gasteiger partial charge in [0.2, 0.25) is 11.6 Å². The third-order valence-electron chi connectivity index (χ3n) is 3.98. The fourth-order valence-corrected chi connectivity index (χ4v) is 2.74. The molecule has 27 heavy (non-hydrogen) atoms. The van der Waals surface area contributed by atoms with E-state index < -0.39 is 0 Å². The summed E-state index contributed by atoms with van der Waals surface area (Å²) in [6.07, 6.45) is 0. The number of quaternary nitrogens is 2. The Bertz CT molecular complexity index is 714. The van der Waals surface area contributed by atoms with Crippen molar-refractivity contribution in [2.24, 2.45) is 0 Å². The predicted molar refractivity (Wildman–Crippen MR) is 106 cm³/mol. The van der Waals surface area contributed by atoms with Crippen LogP contribution in [0.5, 0.6) is 0 Å². The van der Waals surface area contributed by atoms with Gasteiger partial charge in [-0.2, -0.15) is 0 Å². The second kappa shape index (κ2) is 8.91. The number of Topliss-reactive ketones (excluding diaryl/α,β-unsaturated/α-hetero) is 2. The quantitative estimate of drug-likeness (QED) is 0.459. The summed E-state index contributed by atoms with van der Waals surface area (Å²) in [5.41, 5.74) is 3.54. The number of ketones is 2. The van der Waals surface area contributed by atoms with E-state index in [4.69, 9.17) is 0 Å². The van der Waals surface area contributed by atoms with Gasteiger partial charge in [-0.3, -0.25) is 9.59 Å². The van der Waals surface area contributed by atoms with Gasteiger partial charge in [-0.15, -0.1) is 0 Å². The SMILES string of the molecule is C[N+](C)(C)CC(=O)c1ccc(-c2ccc(C(=O)C[N+](C)(C)C)cc2)cc1.[Br-]. The number of halogens is 1. The first-order chi connectivity index (χ1) is 11.9. The number of nitrogens with zero attached hydrogens (tertiary/aromatic N) is 2. The van der Waals surface area contributed by atoms with E-state index in [0.29, 0.717) is 22.1 Å². The smallest absolute Gasteiger partial charge is 0.216 e. The van der Waals surface area contributed by atoms with Crippen LogP contribution >= 0.6 is 0 Å². The number of carbonyl (C=O) groups is 2. The Morgan fingerprint density at radius 1 is 0.593 bits per heavy atom. The highest BCUT2D eigenvalue weighted by Gasteiger charge is 2.17. The second-order valence-electron chi connectivity index (χ2n) is 8.90. The minimum atomic E-state index is 0. The molecule has 0 aliphatic rings. The van der Waals surface area contributed by atoms with Crippen LogP contribution in [0.1, 0.15) is 20.7 Å². The zero-order valence-corrected chi connectivity index (χ0v) is 18.7. The molecule has 0 fully saturated rings. The molecule has 0 amide bonds. The molecule has 0 heterocycles. The lowest BCUT2D eigenvalue weighted by Crippen LogP contribution is -3.00. The highest BCUT2D eigenvalue weighted by Crippen LogP contribution is 2.21. The Labute approximate surface area is 173 Å². The lowest BCUT2D eigenvalue weighted by Gasteiger charge is -2.22. The van der Waals surface area contributed by atoms with Crippen molar-refractivity contribution in [3.63, 3.8) is 0 Å². The molecule has 0 saturated carbocycles. The molecule has 2 rings (SSSR count). The Kier molecular flexibility index (Phi) is 7.66. The first kappa shape index (κ1) is 23.2. The van der Waals surface area contributed by atoms with Crippen LogP contribution in [0.3, 0.4) is 0 Å². The van der Waals surface area contributed by atoms with Crippen LogP contribution in [0.4, 0.5) is 0 Å². The Balaban J connectivity index is 0.00000364. The summed E-state index contributed by atoms with van der Waals surface area (Å²) in [4.78, 5) is 24.6. The molecule has 0 radical (unpaired) electrons. The van der Waals surface area contributed by atoms with E-state index in [0.717, 1.165) is 22.3 Å². The molecular formula is C22H30BrN2O2+. The van der Waals surface area contributed by atoms with Crippen LogP contribution in [-0.4, -0.2) is 75.9 Å². The van der Waals surface area contributed by atoms with E-state index in [1.165, 1.54) is 0 Å². The van der Waals surface area contributed by atoms with Gasteiger partial charge < -0.3 is 25.9 Å². The van der Waals surface area contributed by atoms with Gasteiger partial charge in [0, 0.05) is 11.1 Å². The number of likely N-dealkylation sites (N-methyl/N-ethyl adjacent to an activating group) is 2. The fraction of sp³-hybridized carbons (Fsp3) is 0.364. The van der Waals surface area contributed by atoms with Crippen LogP contribution in [0.2, 0.25) is 0 Å². The summed E-state index contributed by atoms with van der Waals surface area (Å²) < 4.78 is 1.23. The molecule has 2 aromatic carbocycles. The summed E-state index contributed by atoms with van der Waals surface area (Å²) in [5, 5.41) is 0. The van der Waals surface area contributed by atoms with Gasteiger partial charge in [-0.1, -0.05) is 48.5 Å². The molecule has 0 aliphatic heterocycles. The fourth-order valence-electron chi connectivity index (χ4n) is 2.74. The van der Waals surface area contributed by atoms with Crippen molar-refractivity contribution in [1.29, 1.82) is 0 Å². The van der Waals surface area contributed by atoms with Gasteiger partial charge in [0.1, 0.15) is 13.1 Å². The average Bonchev–Trinajstić information content (AvgIpc) is 2.52. The third kappa shape index (κ3) is 7.37. The Hall–Kier alpha value is -1.82. The van der Waals surface area contributed by atoms with E-state index in [2.05, 4.69) is 0 Å². The molecule has 2 aromatic rings. The van der Waals surface area contributed by atoms with E-state index in [1.807, 2.05) is 90.8 Å². The first-order valence-corrected chi connectivity index (χ1v) is 8.82. The molecular weight excluding hydrogens is 404 g/mol. The van der Waals surface area contributed by atoms with Crippen molar-refractivity contribution in [3.05, 3.63) is 59.7 Å². The number of carbonyl (C=O) groups excluding carboxylic acids is 2. The lowest BCUT2D eigenvalue weighted by molar-refractivity contribution is -0.861. The van der Waals surface area contributed by atoms with Gasteiger partial charge in [0.25, 0.3) is 0 Å². The number of benzene rings is 2. The molecule has 4 nitrogen and oxygen atoms in total. The van der Waals surface area contributed by atoms with E-state index >= 15 is 0 Å². The molecule has 146 valence electrons. The average molecular weight is 434 g/mol. The van der Waals surface area contributed by atoms with E-state index in [1.54, 1.807) is 0 Å². The molecule has 0 aliphatic carbocycles. The highest BCUT2D eigenvalue weighted by molar-refractivity contribution is 5.98. The van der Waals surface area contributed by atoms with Crippen LogP contribution in [0.15, 0.2) is 48.5 Å². The standard InChI is InChI=1S/C22H30N2O2.BrH/c1-23(2,3)15-21(25)19-11-7-17(8-12-19)18-9-13-20(14-10-18)22(26)16-24(4,5)6;/h7-14H,15-16H2,1-6H3;1H/q+2;/p-1. The summed E-state index contributed by atoms with van der Waals surface area (Å²) in [5.74, 6) is 0.288. The number of rotatable bonds is 7. The zero-order valence-electron chi connectivity index (χ0n) is 17.1. The van der Waals surface area contributed by atoms with Gasteiger partial charge in [0.15, 0.2) is 0 Å². The summed E-state index contributed by atoms with van der Waals surface area (Å²) >= 11 is 0. The van der Waals surface area contributed by atoms with Crippen molar-refractivity contribution in [2.45, 2.75) is 0 Å². The van der Waals surface area contributed by atoms with Crippen molar-refractivity contribution < 1.29 is 35.5 Å². The summed E-state index contributed by atoms with van der Waals surface area (Å²) in [7, 11) is 12.0. The predicted octanol–water partition coefficient (Wildman–Crippen LogP) is 0.135. The van der Waals surface area contributed by atoms with Gasteiger partial charge in [0.05, 0.1) is 42.3 Å². The second-order valence-corrected chi connectivity index (χ2v) is 8.90. The van der Waals surface area contributed by atoms with Crippen molar-refractivity contribution in [1.82, 2.24) is 0 Å². The monoisotopic (exact) mass is 433 g/mol. The molecule has 0 bridgehead atoms. The van der Waals surface area contributed by atoms with Crippen LogP contribution in [0.25, 0.3) is 11.1 Å². The van der Waals surface area contributed by atoms with Gasteiger partial charge >= 0.3 is 0 Å². The number of hydrogen-bond donors (Lipinski definition) is 0. The minimum absolute atomic E-state index is 0. The van der Waals surface area contributed by atoms with E-state index in [9.17, 15) is 9.59 Å². The van der Waals surface area contributed by atoms with Crippen molar-refractivity contribution >= 4 is 11.6 Å². The third-order valence-corrected chi connectivity index (χ3v) is 3.98. The topological polar surface area (TPSA) is 34.1 Å². The molecule has 5 heteroatoms. The van der Waals surface area contributed by atoms with Crippen LogP contribution in [0, 0.1) is 0 Å².